The maximum absolute atomic E-state index is 13.0. The van der Waals surface area contributed by atoms with Gasteiger partial charge in [0.1, 0.15) is 18.7 Å². The van der Waals surface area contributed by atoms with Crippen molar-refractivity contribution in [1.29, 1.82) is 0 Å². The Morgan fingerprint density at radius 2 is 1.87 bits per heavy atom. The third-order valence-corrected chi connectivity index (χ3v) is 6.00. The first-order chi connectivity index (χ1) is 14.7. The lowest BCUT2D eigenvalue weighted by atomic mass is 9.95. The van der Waals surface area contributed by atoms with E-state index >= 15 is 0 Å². The molecule has 1 aliphatic heterocycles. The summed E-state index contributed by atoms with van der Waals surface area (Å²) in [5.74, 6) is 0.861. The SMILES string of the molecule is O=C(Cn1cnc2nc3c(cc2c1=O)CCCC3)N1CCN(c2ccccn2)CC1. The number of aromatic nitrogens is 4. The molecular formula is C22H24N6O2. The van der Waals surface area contributed by atoms with Crippen LogP contribution in [-0.4, -0.2) is 56.5 Å². The lowest BCUT2D eigenvalue weighted by Crippen LogP contribution is -2.50. The molecule has 2 aliphatic rings. The quantitative estimate of drug-likeness (QED) is 0.656. The van der Waals surface area contributed by atoms with Crippen LogP contribution in [0.4, 0.5) is 5.82 Å². The van der Waals surface area contributed by atoms with Crippen LogP contribution in [0.5, 0.6) is 0 Å². The van der Waals surface area contributed by atoms with E-state index in [1.807, 2.05) is 24.3 Å². The van der Waals surface area contributed by atoms with E-state index in [4.69, 9.17) is 0 Å². The predicted octanol–water partition coefficient (Wildman–Crippen LogP) is 1.41. The van der Waals surface area contributed by atoms with Crippen LogP contribution < -0.4 is 10.5 Å². The van der Waals surface area contributed by atoms with Gasteiger partial charge in [-0.15, -0.1) is 0 Å². The van der Waals surface area contributed by atoms with Gasteiger partial charge >= 0.3 is 0 Å². The average Bonchev–Trinajstić information content (AvgIpc) is 2.80. The minimum absolute atomic E-state index is 0.00243. The molecule has 0 spiro atoms. The molecular weight excluding hydrogens is 380 g/mol. The largest absolute Gasteiger partial charge is 0.353 e. The highest BCUT2D eigenvalue weighted by Crippen LogP contribution is 2.21. The summed E-state index contributed by atoms with van der Waals surface area (Å²) in [5, 5.41) is 0.505. The molecule has 0 saturated carbocycles. The van der Waals surface area contributed by atoms with E-state index in [0.717, 1.165) is 55.8 Å². The van der Waals surface area contributed by atoms with Gasteiger partial charge in [0.2, 0.25) is 5.91 Å². The zero-order valence-corrected chi connectivity index (χ0v) is 16.8. The fourth-order valence-corrected chi connectivity index (χ4v) is 4.29. The van der Waals surface area contributed by atoms with Gasteiger partial charge in [-0.25, -0.2) is 15.0 Å². The van der Waals surface area contributed by atoms with Crippen molar-refractivity contribution in [3.63, 3.8) is 0 Å². The molecule has 1 aliphatic carbocycles. The number of hydrogen-bond donors (Lipinski definition) is 0. The van der Waals surface area contributed by atoms with Gasteiger partial charge in [-0.2, -0.15) is 0 Å². The summed E-state index contributed by atoms with van der Waals surface area (Å²) in [6, 6.07) is 7.76. The smallest absolute Gasteiger partial charge is 0.263 e. The Morgan fingerprint density at radius 1 is 1.03 bits per heavy atom. The molecule has 154 valence electrons. The molecule has 5 rings (SSSR count). The first-order valence-corrected chi connectivity index (χ1v) is 10.5. The van der Waals surface area contributed by atoms with Crippen molar-refractivity contribution in [2.75, 3.05) is 31.1 Å². The third kappa shape index (κ3) is 3.53. The van der Waals surface area contributed by atoms with E-state index in [-0.39, 0.29) is 18.0 Å². The van der Waals surface area contributed by atoms with Crippen molar-refractivity contribution < 1.29 is 4.79 Å². The molecule has 0 N–H and O–H groups in total. The number of amides is 1. The van der Waals surface area contributed by atoms with Crippen LogP contribution in [0.2, 0.25) is 0 Å². The zero-order valence-electron chi connectivity index (χ0n) is 16.8. The second-order valence-corrected chi connectivity index (χ2v) is 7.91. The number of pyridine rings is 2. The molecule has 0 unspecified atom stereocenters. The number of rotatable bonds is 3. The number of fused-ring (bicyclic) bond motifs is 2. The van der Waals surface area contributed by atoms with Gasteiger partial charge in [0.25, 0.3) is 5.56 Å². The van der Waals surface area contributed by atoms with E-state index in [0.29, 0.717) is 24.1 Å². The van der Waals surface area contributed by atoms with E-state index in [9.17, 15) is 9.59 Å². The monoisotopic (exact) mass is 404 g/mol. The van der Waals surface area contributed by atoms with Gasteiger partial charge in [0.15, 0.2) is 5.65 Å². The first kappa shape index (κ1) is 18.7. The Kier molecular flexibility index (Phi) is 4.90. The van der Waals surface area contributed by atoms with Crippen LogP contribution in [-0.2, 0) is 24.2 Å². The minimum atomic E-state index is -0.193. The fraction of sp³-hybridized carbons (Fsp3) is 0.409. The van der Waals surface area contributed by atoms with Crippen molar-refractivity contribution in [1.82, 2.24) is 24.4 Å². The Balaban J connectivity index is 1.30. The molecule has 4 heterocycles. The van der Waals surface area contributed by atoms with Gasteiger partial charge in [-0.05, 0) is 49.4 Å². The molecule has 1 saturated heterocycles. The summed E-state index contributed by atoms with van der Waals surface area (Å²) in [6.07, 6.45) is 7.38. The minimum Gasteiger partial charge on any atom is -0.353 e. The normalized spacial score (nSPS) is 16.5. The van der Waals surface area contributed by atoms with E-state index < -0.39 is 0 Å². The van der Waals surface area contributed by atoms with Crippen molar-refractivity contribution >= 4 is 22.8 Å². The topological polar surface area (TPSA) is 84.2 Å². The Bertz CT molecular complexity index is 1140. The molecule has 0 aromatic carbocycles. The molecule has 8 heteroatoms. The summed E-state index contributed by atoms with van der Waals surface area (Å²) in [5.41, 5.74) is 2.48. The molecule has 1 fully saturated rings. The second-order valence-electron chi connectivity index (χ2n) is 7.91. The molecule has 3 aromatic rings. The summed E-state index contributed by atoms with van der Waals surface area (Å²) in [7, 11) is 0. The second kappa shape index (κ2) is 7.85. The van der Waals surface area contributed by atoms with E-state index in [2.05, 4.69) is 19.9 Å². The lowest BCUT2D eigenvalue weighted by molar-refractivity contribution is -0.132. The number of anilines is 1. The summed E-state index contributed by atoms with van der Waals surface area (Å²) in [6.45, 7) is 2.68. The lowest BCUT2D eigenvalue weighted by Gasteiger charge is -2.35. The fourth-order valence-electron chi connectivity index (χ4n) is 4.29. The van der Waals surface area contributed by atoms with E-state index in [1.54, 1.807) is 11.1 Å². The highest BCUT2D eigenvalue weighted by atomic mass is 16.2. The predicted molar refractivity (Wildman–Crippen MR) is 113 cm³/mol. The number of nitrogens with zero attached hydrogens (tertiary/aromatic N) is 6. The highest BCUT2D eigenvalue weighted by molar-refractivity contribution is 5.78. The number of carbonyl (C=O) groups is 1. The van der Waals surface area contributed by atoms with Crippen molar-refractivity contribution in [2.45, 2.75) is 32.2 Å². The summed E-state index contributed by atoms with van der Waals surface area (Å²) in [4.78, 5) is 43.1. The molecule has 30 heavy (non-hydrogen) atoms. The number of piperazine rings is 1. The van der Waals surface area contributed by atoms with Gasteiger partial charge in [-0.1, -0.05) is 6.07 Å². The number of carbonyl (C=O) groups excluding carboxylic acids is 1. The molecule has 8 nitrogen and oxygen atoms in total. The Labute approximate surface area is 174 Å². The van der Waals surface area contributed by atoms with Crippen LogP contribution >= 0.6 is 0 Å². The summed E-state index contributed by atoms with van der Waals surface area (Å²) < 4.78 is 1.41. The average molecular weight is 404 g/mol. The van der Waals surface area contributed by atoms with Gasteiger partial charge in [0.05, 0.1) is 5.39 Å². The Hall–Kier alpha value is -3.29. The third-order valence-electron chi connectivity index (χ3n) is 6.00. The molecule has 3 aromatic heterocycles. The molecule has 0 bridgehead atoms. The molecule has 0 radical (unpaired) electrons. The zero-order chi connectivity index (χ0) is 20.5. The van der Waals surface area contributed by atoms with Crippen LogP contribution in [0.3, 0.4) is 0 Å². The van der Waals surface area contributed by atoms with Crippen LogP contribution in [0.1, 0.15) is 24.1 Å². The molecule has 0 atom stereocenters. The van der Waals surface area contributed by atoms with Crippen molar-refractivity contribution in [2.24, 2.45) is 0 Å². The molecule has 1 amide bonds. The number of aryl methyl sites for hydroxylation is 2. The van der Waals surface area contributed by atoms with Crippen LogP contribution in [0.15, 0.2) is 41.6 Å². The maximum atomic E-state index is 13.0. The van der Waals surface area contributed by atoms with Crippen molar-refractivity contribution in [3.8, 4) is 0 Å². The first-order valence-electron chi connectivity index (χ1n) is 10.5. The van der Waals surface area contributed by atoms with Gasteiger partial charge in [-0.3, -0.25) is 14.2 Å². The highest BCUT2D eigenvalue weighted by Gasteiger charge is 2.23. The van der Waals surface area contributed by atoms with E-state index in [1.165, 1.54) is 10.9 Å². The number of hydrogen-bond acceptors (Lipinski definition) is 6. The van der Waals surface area contributed by atoms with Crippen LogP contribution in [0, 0.1) is 0 Å². The maximum Gasteiger partial charge on any atom is 0.263 e. The Morgan fingerprint density at radius 3 is 2.67 bits per heavy atom. The van der Waals surface area contributed by atoms with Gasteiger partial charge < -0.3 is 9.80 Å². The van der Waals surface area contributed by atoms with Crippen molar-refractivity contribution in [3.05, 3.63) is 58.4 Å². The summed E-state index contributed by atoms with van der Waals surface area (Å²) >= 11 is 0. The standard InChI is InChI=1S/C22H24N6O2/c29-20(27-11-9-26(10-12-27)19-7-3-4-8-23-19)14-28-15-24-21-17(22(28)30)13-16-5-1-2-6-18(16)25-21/h3-4,7-8,13,15H,1-2,5-6,9-12,14H2. The van der Waals surface area contributed by atoms with Gasteiger partial charge in [0, 0.05) is 38.1 Å². The van der Waals surface area contributed by atoms with Crippen LogP contribution in [0.25, 0.3) is 11.0 Å².